The van der Waals surface area contributed by atoms with Crippen LogP contribution in [-0.2, 0) is 6.42 Å². The number of hydrogen-bond acceptors (Lipinski definition) is 4. The van der Waals surface area contributed by atoms with Crippen molar-refractivity contribution >= 4 is 5.69 Å². The van der Waals surface area contributed by atoms with E-state index in [9.17, 15) is 10.1 Å². The molecule has 2 unspecified atom stereocenters. The van der Waals surface area contributed by atoms with Gasteiger partial charge in [-0.15, -0.1) is 0 Å². The van der Waals surface area contributed by atoms with Crippen LogP contribution in [0.3, 0.4) is 0 Å². The highest BCUT2D eigenvalue weighted by Gasteiger charge is 2.34. The molecular weight excluding hydrogens is 266 g/mol. The zero-order chi connectivity index (χ0) is 14.7. The SMILES string of the molecule is O=[N+]([O-])c1ccccc1CCNC1CCN2CCCCC12. The Bertz CT molecular complexity index is 506. The third-order valence-electron chi connectivity index (χ3n) is 4.85. The van der Waals surface area contributed by atoms with Gasteiger partial charge in [0.25, 0.3) is 5.69 Å². The van der Waals surface area contributed by atoms with Gasteiger partial charge in [-0.2, -0.15) is 0 Å². The number of nitrogens with one attached hydrogen (secondary N) is 1. The second kappa shape index (κ2) is 6.54. The zero-order valence-electron chi connectivity index (χ0n) is 12.3. The van der Waals surface area contributed by atoms with Crippen LogP contribution in [0.5, 0.6) is 0 Å². The molecule has 1 aromatic carbocycles. The molecule has 2 saturated heterocycles. The fourth-order valence-corrected chi connectivity index (χ4v) is 3.78. The minimum Gasteiger partial charge on any atom is -0.312 e. The Hall–Kier alpha value is -1.46. The monoisotopic (exact) mass is 289 g/mol. The predicted molar refractivity (Wildman–Crippen MR) is 82.4 cm³/mol. The van der Waals surface area contributed by atoms with Gasteiger partial charge in [0, 0.05) is 30.3 Å². The average Bonchev–Trinajstić information content (AvgIpc) is 2.91. The van der Waals surface area contributed by atoms with E-state index in [1.165, 1.54) is 38.8 Å². The fourth-order valence-electron chi connectivity index (χ4n) is 3.78. The van der Waals surface area contributed by atoms with Gasteiger partial charge in [0.15, 0.2) is 0 Å². The van der Waals surface area contributed by atoms with Crippen LogP contribution in [0.25, 0.3) is 0 Å². The quantitative estimate of drug-likeness (QED) is 0.668. The number of para-hydroxylation sites is 1. The van der Waals surface area contributed by atoms with Gasteiger partial charge >= 0.3 is 0 Å². The van der Waals surface area contributed by atoms with Crippen molar-refractivity contribution in [3.63, 3.8) is 0 Å². The number of nitro groups is 1. The Balaban J connectivity index is 1.53. The fraction of sp³-hybridized carbons (Fsp3) is 0.625. The number of piperidine rings is 1. The zero-order valence-corrected chi connectivity index (χ0v) is 12.3. The number of hydrogen-bond donors (Lipinski definition) is 1. The lowest BCUT2D eigenvalue weighted by Crippen LogP contribution is -2.45. The van der Waals surface area contributed by atoms with Crippen LogP contribution in [-0.4, -0.2) is 41.5 Å². The Morgan fingerprint density at radius 2 is 2.10 bits per heavy atom. The number of rotatable bonds is 5. The first kappa shape index (κ1) is 14.5. The van der Waals surface area contributed by atoms with Crippen LogP contribution >= 0.6 is 0 Å². The van der Waals surface area contributed by atoms with Crippen molar-refractivity contribution in [3.05, 3.63) is 39.9 Å². The van der Waals surface area contributed by atoms with Crippen LogP contribution in [0.2, 0.25) is 0 Å². The molecule has 1 aromatic rings. The number of nitro benzene ring substituents is 1. The Morgan fingerprint density at radius 3 is 2.95 bits per heavy atom. The van der Waals surface area contributed by atoms with Crippen molar-refractivity contribution in [2.45, 2.75) is 44.2 Å². The molecule has 5 nitrogen and oxygen atoms in total. The first-order valence-corrected chi connectivity index (χ1v) is 7.95. The summed E-state index contributed by atoms with van der Waals surface area (Å²) >= 11 is 0. The van der Waals surface area contributed by atoms with Gasteiger partial charge in [-0.1, -0.05) is 24.6 Å². The molecule has 0 aliphatic carbocycles. The maximum absolute atomic E-state index is 11.0. The number of nitrogens with zero attached hydrogens (tertiary/aromatic N) is 2. The number of benzene rings is 1. The van der Waals surface area contributed by atoms with Crippen LogP contribution in [0.4, 0.5) is 5.69 Å². The van der Waals surface area contributed by atoms with Crippen LogP contribution < -0.4 is 5.32 Å². The standard InChI is InChI=1S/C16H23N3O2/c20-19(21)15-6-2-1-5-13(15)8-10-17-14-9-12-18-11-4-3-7-16(14)18/h1-2,5-6,14,16-17H,3-4,7-12H2. The lowest BCUT2D eigenvalue weighted by Gasteiger charge is -2.32. The van der Waals surface area contributed by atoms with E-state index in [1.54, 1.807) is 12.1 Å². The van der Waals surface area contributed by atoms with E-state index in [4.69, 9.17) is 0 Å². The molecular formula is C16H23N3O2. The molecule has 5 heteroatoms. The van der Waals surface area contributed by atoms with E-state index in [2.05, 4.69) is 10.2 Å². The lowest BCUT2D eigenvalue weighted by atomic mass is 9.99. The number of fused-ring (bicyclic) bond motifs is 1. The van der Waals surface area contributed by atoms with Gasteiger partial charge in [-0.05, 0) is 38.8 Å². The van der Waals surface area contributed by atoms with Gasteiger partial charge in [0.1, 0.15) is 0 Å². The topological polar surface area (TPSA) is 58.4 Å². The molecule has 2 aliphatic rings. The highest BCUT2D eigenvalue weighted by molar-refractivity contribution is 5.39. The van der Waals surface area contributed by atoms with Crippen molar-refractivity contribution in [1.29, 1.82) is 0 Å². The molecule has 2 heterocycles. The molecule has 2 aliphatic heterocycles. The molecule has 21 heavy (non-hydrogen) atoms. The molecule has 0 saturated carbocycles. The summed E-state index contributed by atoms with van der Waals surface area (Å²) in [6.07, 6.45) is 5.90. The van der Waals surface area contributed by atoms with Gasteiger partial charge in [0.05, 0.1) is 4.92 Å². The van der Waals surface area contributed by atoms with E-state index >= 15 is 0 Å². The molecule has 0 bridgehead atoms. The molecule has 3 rings (SSSR count). The van der Waals surface area contributed by atoms with Gasteiger partial charge in [-0.3, -0.25) is 15.0 Å². The van der Waals surface area contributed by atoms with Crippen LogP contribution in [0.1, 0.15) is 31.2 Å². The molecule has 0 amide bonds. The highest BCUT2D eigenvalue weighted by Crippen LogP contribution is 2.27. The van der Waals surface area contributed by atoms with Crippen molar-refractivity contribution in [2.24, 2.45) is 0 Å². The first-order chi connectivity index (χ1) is 10.3. The van der Waals surface area contributed by atoms with Crippen molar-refractivity contribution < 1.29 is 4.92 Å². The summed E-state index contributed by atoms with van der Waals surface area (Å²) in [5.74, 6) is 0. The summed E-state index contributed by atoms with van der Waals surface area (Å²) in [6, 6.07) is 8.31. The molecule has 0 spiro atoms. The summed E-state index contributed by atoms with van der Waals surface area (Å²) in [6.45, 7) is 3.26. The molecule has 1 N–H and O–H groups in total. The third-order valence-corrected chi connectivity index (χ3v) is 4.85. The summed E-state index contributed by atoms with van der Waals surface area (Å²) in [5, 5.41) is 14.6. The normalized spacial score (nSPS) is 25.7. The van der Waals surface area contributed by atoms with Crippen LogP contribution in [0, 0.1) is 10.1 Å². The minimum absolute atomic E-state index is 0.241. The van der Waals surface area contributed by atoms with Crippen molar-refractivity contribution in [1.82, 2.24) is 10.2 Å². The van der Waals surface area contributed by atoms with Gasteiger partial charge in [-0.25, -0.2) is 0 Å². The van der Waals surface area contributed by atoms with Gasteiger partial charge in [0.2, 0.25) is 0 Å². The largest absolute Gasteiger partial charge is 0.312 e. The predicted octanol–water partition coefficient (Wildman–Crippen LogP) is 2.35. The maximum Gasteiger partial charge on any atom is 0.272 e. The molecule has 114 valence electrons. The molecule has 2 fully saturated rings. The summed E-state index contributed by atoms with van der Waals surface area (Å²) in [4.78, 5) is 13.3. The Morgan fingerprint density at radius 1 is 1.24 bits per heavy atom. The first-order valence-electron chi connectivity index (χ1n) is 7.95. The molecule has 0 aromatic heterocycles. The van der Waals surface area contributed by atoms with E-state index in [0.717, 1.165) is 18.5 Å². The molecule has 2 atom stereocenters. The Kier molecular flexibility index (Phi) is 4.51. The van der Waals surface area contributed by atoms with E-state index in [-0.39, 0.29) is 10.6 Å². The summed E-state index contributed by atoms with van der Waals surface area (Å²) < 4.78 is 0. The van der Waals surface area contributed by atoms with Crippen molar-refractivity contribution in [3.8, 4) is 0 Å². The van der Waals surface area contributed by atoms with E-state index < -0.39 is 0 Å². The van der Waals surface area contributed by atoms with E-state index in [0.29, 0.717) is 12.1 Å². The van der Waals surface area contributed by atoms with Crippen molar-refractivity contribution in [2.75, 3.05) is 19.6 Å². The van der Waals surface area contributed by atoms with Gasteiger partial charge < -0.3 is 5.32 Å². The minimum atomic E-state index is -0.284. The second-order valence-electron chi connectivity index (χ2n) is 6.08. The molecule has 0 radical (unpaired) electrons. The average molecular weight is 289 g/mol. The van der Waals surface area contributed by atoms with Crippen LogP contribution in [0.15, 0.2) is 24.3 Å². The summed E-state index contributed by atoms with van der Waals surface area (Å²) in [7, 11) is 0. The lowest BCUT2D eigenvalue weighted by molar-refractivity contribution is -0.385. The maximum atomic E-state index is 11.0. The highest BCUT2D eigenvalue weighted by atomic mass is 16.6. The van der Waals surface area contributed by atoms with E-state index in [1.807, 2.05) is 12.1 Å². The summed E-state index contributed by atoms with van der Waals surface area (Å²) in [5.41, 5.74) is 1.07. The smallest absolute Gasteiger partial charge is 0.272 e. The second-order valence-corrected chi connectivity index (χ2v) is 6.08. The Labute approximate surface area is 125 Å². The third kappa shape index (κ3) is 3.24.